The summed E-state index contributed by atoms with van der Waals surface area (Å²) in [5, 5.41) is 9.71. The van der Waals surface area contributed by atoms with Gasteiger partial charge in [-0.15, -0.1) is 6.58 Å². The molecule has 0 saturated carbocycles. The van der Waals surface area contributed by atoms with Gasteiger partial charge in [-0.3, -0.25) is 4.79 Å². The van der Waals surface area contributed by atoms with E-state index in [0.717, 1.165) is 32.1 Å². The summed E-state index contributed by atoms with van der Waals surface area (Å²) < 4.78 is 4.71. The van der Waals surface area contributed by atoms with Gasteiger partial charge in [0.1, 0.15) is 6.04 Å². The Kier molecular flexibility index (Phi) is 7.43. The molecule has 0 aromatic carbocycles. The average Bonchev–Trinajstić information content (AvgIpc) is 2.87. The fourth-order valence-electron chi connectivity index (χ4n) is 2.74. The molecule has 21 heavy (non-hydrogen) atoms. The van der Waals surface area contributed by atoms with E-state index in [1.807, 2.05) is 13.0 Å². The Bertz CT molecular complexity index is 369. The van der Waals surface area contributed by atoms with Crippen molar-refractivity contribution in [1.29, 1.82) is 0 Å². The fourth-order valence-corrected chi connectivity index (χ4v) is 2.74. The molecule has 0 aromatic heterocycles. The van der Waals surface area contributed by atoms with Crippen molar-refractivity contribution in [2.75, 3.05) is 13.7 Å². The molecule has 1 heterocycles. The maximum absolute atomic E-state index is 12.4. The fraction of sp³-hybridized carbons (Fsp3) is 0.750. The summed E-state index contributed by atoms with van der Waals surface area (Å²) in [6.07, 6.45) is 6.50. The van der Waals surface area contributed by atoms with Crippen LogP contribution < -0.4 is 0 Å². The number of likely N-dealkylation sites (tertiary alicyclic amines) is 1. The molecule has 3 atom stereocenters. The van der Waals surface area contributed by atoms with Crippen LogP contribution in [0.3, 0.4) is 0 Å². The highest BCUT2D eigenvalue weighted by molar-refractivity contribution is 5.86. The first kappa shape index (κ1) is 17.7. The number of amides is 1. The second-order valence-electron chi connectivity index (χ2n) is 5.75. The lowest BCUT2D eigenvalue weighted by molar-refractivity contribution is -0.152. The zero-order valence-electron chi connectivity index (χ0n) is 13.1. The lowest BCUT2D eigenvalue weighted by atomic mass is 10.0. The first-order chi connectivity index (χ1) is 10.0. The summed E-state index contributed by atoms with van der Waals surface area (Å²) in [6, 6.07) is -0.638. The van der Waals surface area contributed by atoms with E-state index >= 15 is 0 Å². The quantitative estimate of drug-likeness (QED) is 0.422. The van der Waals surface area contributed by atoms with Crippen molar-refractivity contribution in [3.8, 4) is 0 Å². The number of carbonyl (C=O) groups excluding carboxylic acids is 2. The van der Waals surface area contributed by atoms with Crippen LogP contribution in [-0.2, 0) is 14.3 Å². The molecule has 1 saturated heterocycles. The van der Waals surface area contributed by atoms with Gasteiger partial charge in [0.05, 0.1) is 13.2 Å². The van der Waals surface area contributed by atoms with Crippen LogP contribution >= 0.6 is 0 Å². The summed E-state index contributed by atoms with van der Waals surface area (Å²) in [6.45, 7) is 5.79. The van der Waals surface area contributed by atoms with E-state index in [1.54, 1.807) is 0 Å². The topological polar surface area (TPSA) is 66.8 Å². The minimum absolute atomic E-state index is 0.0642. The third kappa shape index (κ3) is 5.16. The zero-order chi connectivity index (χ0) is 15.8. The third-order valence-corrected chi connectivity index (χ3v) is 4.00. The molecule has 0 bridgehead atoms. The van der Waals surface area contributed by atoms with Gasteiger partial charge in [-0.05, 0) is 19.3 Å². The number of unbranched alkanes of at least 4 members (excludes halogenated alkanes) is 3. The van der Waals surface area contributed by atoms with Gasteiger partial charge >= 0.3 is 5.97 Å². The van der Waals surface area contributed by atoms with Crippen LogP contribution in [0.1, 0.15) is 45.4 Å². The first-order valence-electron chi connectivity index (χ1n) is 7.68. The highest BCUT2D eigenvalue weighted by Gasteiger charge is 2.40. The summed E-state index contributed by atoms with van der Waals surface area (Å²) in [4.78, 5) is 25.6. The SMILES string of the molecule is C=CCCCCC[C@H](C)C(=O)N1C[C@@H](O)C[C@H]1C(=O)OC. The van der Waals surface area contributed by atoms with Gasteiger partial charge < -0.3 is 14.7 Å². The number of aliphatic hydroxyl groups is 1. The summed E-state index contributed by atoms with van der Waals surface area (Å²) in [5.74, 6) is -0.644. The Morgan fingerprint density at radius 3 is 2.76 bits per heavy atom. The third-order valence-electron chi connectivity index (χ3n) is 4.00. The van der Waals surface area contributed by atoms with Crippen LogP contribution in [0.15, 0.2) is 12.7 Å². The van der Waals surface area contributed by atoms with E-state index in [-0.39, 0.29) is 24.8 Å². The van der Waals surface area contributed by atoms with Gasteiger partial charge in [0.15, 0.2) is 0 Å². The molecule has 0 radical (unpaired) electrons. The predicted octanol–water partition coefficient (Wildman–Crippen LogP) is 1.89. The van der Waals surface area contributed by atoms with Gasteiger partial charge in [0.25, 0.3) is 0 Å². The monoisotopic (exact) mass is 297 g/mol. The minimum Gasteiger partial charge on any atom is -0.467 e. The van der Waals surface area contributed by atoms with E-state index in [1.165, 1.54) is 12.0 Å². The van der Waals surface area contributed by atoms with Crippen molar-refractivity contribution < 1.29 is 19.4 Å². The number of aliphatic hydroxyl groups excluding tert-OH is 1. The Morgan fingerprint density at radius 1 is 1.43 bits per heavy atom. The maximum atomic E-state index is 12.4. The lowest BCUT2D eigenvalue weighted by Crippen LogP contribution is -2.43. The number of esters is 1. The zero-order valence-corrected chi connectivity index (χ0v) is 13.1. The molecular formula is C16H27NO4. The van der Waals surface area contributed by atoms with E-state index in [2.05, 4.69) is 6.58 Å². The number of carbonyl (C=O) groups is 2. The number of allylic oxidation sites excluding steroid dienone is 1. The van der Waals surface area contributed by atoms with Crippen LogP contribution in [-0.4, -0.2) is 47.7 Å². The summed E-state index contributed by atoms with van der Waals surface area (Å²) in [5.41, 5.74) is 0. The standard InChI is InChI=1S/C16H27NO4/c1-4-5-6-7-8-9-12(2)15(19)17-11-13(18)10-14(17)16(20)21-3/h4,12-14,18H,1,5-11H2,2-3H3/t12-,13-,14-/m0/s1. The van der Waals surface area contributed by atoms with E-state index in [4.69, 9.17) is 4.74 Å². The number of methoxy groups -OCH3 is 1. The van der Waals surface area contributed by atoms with Crippen LogP contribution in [0, 0.1) is 5.92 Å². The first-order valence-corrected chi connectivity index (χ1v) is 7.68. The van der Waals surface area contributed by atoms with Gasteiger partial charge in [0.2, 0.25) is 5.91 Å². The highest BCUT2D eigenvalue weighted by Crippen LogP contribution is 2.23. The van der Waals surface area contributed by atoms with Crippen molar-refractivity contribution in [3.63, 3.8) is 0 Å². The maximum Gasteiger partial charge on any atom is 0.328 e. The van der Waals surface area contributed by atoms with Crippen molar-refractivity contribution in [1.82, 2.24) is 4.90 Å². The molecule has 1 N–H and O–H groups in total. The van der Waals surface area contributed by atoms with Crippen molar-refractivity contribution in [2.24, 2.45) is 5.92 Å². The number of rotatable bonds is 8. The normalized spacial score (nSPS) is 22.9. The molecule has 1 aliphatic heterocycles. The molecule has 5 heteroatoms. The molecule has 0 spiro atoms. The van der Waals surface area contributed by atoms with E-state index < -0.39 is 18.1 Å². The van der Waals surface area contributed by atoms with Gasteiger partial charge in [-0.25, -0.2) is 4.79 Å². The van der Waals surface area contributed by atoms with Crippen molar-refractivity contribution >= 4 is 11.9 Å². The number of ether oxygens (including phenoxy) is 1. The molecular weight excluding hydrogens is 270 g/mol. The summed E-state index contributed by atoms with van der Waals surface area (Å²) >= 11 is 0. The van der Waals surface area contributed by atoms with Crippen LogP contribution in [0.2, 0.25) is 0 Å². The summed E-state index contributed by atoms with van der Waals surface area (Å²) in [7, 11) is 1.30. The highest BCUT2D eigenvalue weighted by atomic mass is 16.5. The second-order valence-corrected chi connectivity index (χ2v) is 5.75. The Labute approximate surface area is 127 Å². The lowest BCUT2D eigenvalue weighted by Gasteiger charge is -2.25. The molecule has 0 aliphatic carbocycles. The Balaban J connectivity index is 2.47. The van der Waals surface area contributed by atoms with Crippen LogP contribution in [0.5, 0.6) is 0 Å². The average molecular weight is 297 g/mol. The molecule has 1 rings (SSSR count). The molecule has 1 fully saturated rings. The molecule has 5 nitrogen and oxygen atoms in total. The van der Waals surface area contributed by atoms with Gasteiger partial charge in [-0.1, -0.05) is 25.8 Å². The second kappa shape index (κ2) is 8.82. The Morgan fingerprint density at radius 2 is 2.14 bits per heavy atom. The van der Waals surface area contributed by atoms with Gasteiger partial charge in [-0.2, -0.15) is 0 Å². The smallest absolute Gasteiger partial charge is 0.328 e. The van der Waals surface area contributed by atoms with E-state index in [9.17, 15) is 14.7 Å². The molecule has 1 aliphatic rings. The predicted molar refractivity (Wildman–Crippen MR) is 80.6 cm³/mol. The van der Waals surface area contributed by atoms with Crippen molar-refractivity contribution in [2.45, 2.75) is 57.6 Å². The minimum atomic E-state index is -0.641. The largest absolute Gasteiger partial charge is 0.467 e. The van der Waals surface area contributed by atoms with E-state index in [0.29, 0.717) is 0 Å². The van der Waals surface area contributed by atoms with Crippen LogP contribution in [0.25, 0.3) is 0 Å². The number of hydrogen-bond donors (Lipinski definition) is 1. The number of hydrogen-bond acceptors (Lipinski definition) is 4. The van der Waals surface area contributed by atoms with Gasteiger partial charge in [0, 0.05) is 18.9 Å². The van der Waals surface area contributed by atoms with Crippen molar-refractivity contribution in [3.05, 3.63) is 12.7 Å². The van der Waals surface area contributed by atoms with Crippen LogP contribution in [0.4, 0.5) is 0 Å². The Hall–Kier alpha value is -1.36. The molecule has 120 valence electrons. The molecule has 0 aromatic rings. The molecule has 1 amide bonds. The molecule has 0 unspecified atom stereocenters. The number of β-amino-alcohol motifs (C(OH)–C–C–N with tert-alkyl or cyclic N) is 1. The number of nitrogens with zero attached hydrogens (tertiary/aromatic N) is 1.